The Hall–Kier alpha value is -0.870. The number of benzene rings is 1. The van der Waals surface area contributed by atoms with Gasteiger partial charge in [-0.05, 0) is 17.5 Å². The lowest BCUT2D eigenvalue weighted by atomic mass is 9.99. The van der Waals surface area contributed by atoms with E-state index in [1.165, 1.54) is 5.56 Å². The first kappa shape index (κ1) is 12.6. The van der Waals surface area contributed by atoms with Crippen molar-refractivity contribution in [1.29, 1.82) is 0 Å². The molecule has 0 aromatic heterocycles. The lowest BCUT2D eigenvalue weighted by molar-refractivity contribution is -0.142. The van der Waals surface area contributed by atoms with E-state index < -0.39 is 5.97 Å². The maximum Gasteiger partial charge on any atom is 0.308 e. The first-order chi connectivity index (χ1) is 8.08. The van der Waals surface area contributed by atoms with Crippen molar-refractivity contribution in [2.45, 2.75) is 13.5 Å². The number of rotatable bonds is 3. The lowest BCUT2D eigenvalue weighted by Gasteiger charge is -2.16. The Bertz CT molecular complexity index is 422. The van der Waals surface area contributed by atoms with Gasteiger partial charge in [0.05, 0.1) is 5.92 Å². The summed E-state index contributed by atoms with van der Waals surface area (Å²) in [4.78, 5) is 13.3. The number of likely N-dealkylation sites (tertiary alicyclic amines) is 1. The second-order valence-corrected chi connectivity index (χ2v) is 5.56. The van der Waals surface area contributed by atoms with Crippen molar-refractivity contribution in [3.8, 4) is 0 Å². The van der Waals surface area contributed by atoms with Gasteiger partial charge in [0.2, 0.25) is 0 Å². The summed E-state index contributed by atoms with van der Waals surface area (Å²) in [7, 11) is 0. The maximum absolute atomic E-state index is 11.0. The molecule has 0 spiro atoms. The minimum atomic E-state index is -0.674. The number of aliphatic carboxylic acids is 1. The van der Waals surface area contributed by atoms with Gasteiger partial charge in [-0.3, -0.25) is 9.69 Å². The van der Waals surface area contributed by atoms with Crippen LogP contribution in [0.4, 0.5) is 0 Å². The van der Waals surface area contributed by atoms with Gasteiger partial charge in [-0.25, -0.2) is 0 Å². The fraction of sp³-hybridized carbons (Fsp3) is 0.462. The molecule has 0 aliphatic carbocycles. The number of nitrogens with zero attached hydrogens (tertiary/aromatic N) is 1. The third-order valence-electron chi connectivity index (χ3n) is 3.36. The molecule has 1 aliphatic heterocycles. The highest BCUT2D eigenvalue weighted by Crippen LogP contribution is 2.26. The monoisotopic (exact) mass is 297 g/mol. The number of carboxylic acid groups (broad SMARTS) is 1. The zero-order valence-corrected chi connectivity index (χ0v) is 11.4. The SMILES string of the molecule is CC1CN(Cc2ccccc2Br)CC1C(=O)O. The minimum Gasteiger partial charge on any atom is -0.481 e. The smallest absolute Gasteiger partial charge is 0.308 e. The quantitative estimate of drug-likeness (QED) is 0.932. The van der Waals surface area contributed by atoms with E-state index in [9.17, 15) is 4.79 Å². The predicted octanol–water partition coefficient (Wildman–Crippen LogP) is 2.60. The van der Waals surface area contributed by atoms with Crippen LogP contribution in [0.3, 0.4) is 0 Å². The molecule has 1 aliphatic rings. The van der Waals surface area contributed by atoms with Crippen molar-refractivity contribution in [2.24, 2.45) is 11.8 Å². The van der Waals surface area contributed by atoms with Crippen molar-refractivity contribution in [2.75, 3.05) is 13.1 Å². The van der Waals surface area contributed by atoms with Crippen LogP contribution in [0.1, 0.15) is 12.5 Å². The molecule has 4 heteroatoms. The van der Waals surface area contributed by atoms with Gasteiger partial charge in [0.25, 0.3) is 0 Å². The van der Waals surface area contributed by atoms with Crippen LogP contribution >= 0.6 is 15.9 Å². The molecule has 2 unspecified atom stereocenters. The van der Waals surface area contributed by atoms with Crippen molar-refractivity contribution >= 4 is 21.9 Å². The Morgan fingerprint density at radius 2 is 2.18 bits per heavy atom. The predicted molar refractivity (Wildman–Crippen MR) is 69.7 cm³/mol. The fourth-order valence-corrected chi connectivity index (χ4v) is 2.80. The average Bonchev–Trinajstić information content (AvgIpc) is 2.63. The van der Waals surface area contributed by atoms with Crippen LogP contribution in [0.2, 0.25) is 0 Å². The van der Waals surface area contributed by atoms with E-state index in [0.29, 0.717) is 6.54 Å². The van der Waals surface area contributed by atoms with E-state index in [1.807, 2.05) is 25.1 Å². The van der Waals surface area contributed by atoms with Gasteiger partial charge in [0.15, 0.2) is 0 Å². The summed E-state index contributed by atoms with van der Waals surface area (Å²) in [5, 5.41) is 9.09. The molecule has 1 saturated heterocycles. The Balaban J connectivity index is 2.03. The van der Waals surface area contributed by atoms with Crippen LogP contribution in [0.5, 0.6) is 0 Å². The summed E-state index contributed by atoms with van der Waals surface area (Å²) >= 11 is 3.52. The molecule has 1 N–H and O–H groups in total. The molecule has 92 valence electrons. The fourth-order valence-electron chi connectivity index (χ4n) is 2.39. The summed E-state index contributed by atoms with van der Waals surface area (Å²) in [5.41, 5.74) is 1.21. The Kier molecular flexibility index (Phi) is 3.84. The molecular weight excluding hydrogens is 282 g/mol. The zero-order chi connectivity index (χ0) is 12.4. The first-order valence-corrected chi connectivity index (χ1v) is 6.56. The van der Waals surface area contributed by atoms with Crippen molar-refractivity contribution in [3.05, 3.63) is 34.3 Å². The van der Waals surface area contributed by atoms with E-state index in [1.54, 1.807) is 0 Å². The number of carbonyl (C=O) groups is 1. The summed E-state index contributed by atoms with van der Waals surface area (Å²) in [5.74, 6) is -0.667. The molecule has 0 amide bonds. The molecule has 1 fully saturated rings. The average molecular weight is 298 g/mol. The van der Waals surface area contributed by atoms with Crippen LogP contribution in [-0.2, 0) is 11.3 Å². The second kappa shape index (κ2) is 5.19. The number of hydrogen-bond donors (Lipinski definition) is 1. The van der Waals surface area contributed by atoms with Crippen molar-refractivity contribution in [1.82, 2.24) is 4.90 Å². The van der Waals surface area contributed by atoms with Crippen molar-refractivity contribution in [3.63, 3.8) is 0 Å². The van der Waals surface area contributed by atoms with Gasteiger partial charge in [-0.1, -0.05) is 41.1 Å². The van der Waals surface area contributed by atoms with Crippen LogP contribution in [0, 0.1) is 11.8 Å². The Labute approximate surface area is 110 Å². The molecule has 0 saturated carbocycles. The van der Waals surface area contributed by atoms with E-state index in [0.717, 1.165) is 17.6 Å². The van der Waals surface area contributed by atoms with Gasteiger partial charge < -0.3 is 5.11 Å². The first-order valence-electron chi connectivity index (χ1n) is 5.76. The van der Waals surface area contributed by atoms with Crippen LogP contribution < -0.4 is 0 Å². The number of carboxylic acids is 1. The highest BCUT2D eigenvalue weighted by molar-refractivity contribution is 9.10. The summed E-state index contributed by atoms with van der Waals surface area (Å²) in [6.07, 6.45) is 0. The minimum absolute atomic E-state index is 0.225. The Morgan fingerprint density at radius 3 is 2.76 bits per heavy atom. The van der Waals surface area contributed by atoms with Crippen LogP contribution in [-0.4, -0.2) is 29.1 Å². The zero-order valence-electron chi connectivity index (χ0n) is 9.77. The molecular formula is C13H16BrNO2. The summed E-state index contributed by atoms with van der Waals surface area (Å²) in [6.45, 7) is 4.34. The summed E-state index contributed by atoms with van der Waals surface area (Å²) in [6, 6.07) is 8.08. The maximum atomic E-state index is 11.0. The van der Waals surface area contributed by atoms with Gasteiger partial charge in [0.1, 0.15) is 0 Å². The normalized spacial score (nSPS) is 25.1. The summed E-state index contributed by atoms with van der Waals surface area (Å²) < 4.78 is 1.09. The largest absolute Gasteiger partial charge is 0.481 e. The molecule has 2 rings (SSSR count). The number of hydrogen-bond acceptors (Lipinski definition) is 2. The Morgan fingerprint density at radius 1 is 1.47 bits per heavy atom. The molecule has 1 aromatic rings. The molecule has 0 radical (unpaired) electrons. The van der Waals surface area contributed by atoms with E-state index in [-0.39, 0.29) is 11.8 Å². The molecule has 3 nitrogen and oxygen atoms in total. The van der Waals surface area contributed by atoms with E-state index in [2.05, 4.69) is 26.9 Å². The third kappa shape index (κ3) is 2.87. The second-order valence-electron chi connectivity index (χ2n) is 4.71. The highest BCUT2D eigenvalue weighted by Gasteiger charge is 2.34. The van der Waals surface area contributed by atoms with Gasteiger partial charge in [-0.15, -0.1) is 0 Å². The number of halogens is 1. The molecule has 0 bridgehead atoms. The molecule has 1 heterocycles. The molecule has 1 aromatic carbocycles. The molecule has 17 heavy (non-hydrogen) atoms. The van der Waals surface area contributed by atoms with Gasteiger partial charge >= 0.3 is 5.97 Å². The van der Waals surface area contributed by atoms with E-state index >= 15 is 0 Å². The van der Waals surface area contributed by atoms with E-state index in [4.69, 9.17) is 5.11 Å². The molecule has 2 atom stereocenters. The highest BCUT2D eigenvalue weighted by atomic mass is 79.9. The van der Waals surface area contributed by atoms with Crippen molar-refractivity contribution < 1.29 is 9.90 Å². The topological polar surface area (TPSA) is 40.5 Å². The third-order valence-corrected chi connectivity index (χ3v) is 4.13. The van der Waals surface area contributed by atoms with Gasteiger partial charge in [0, 0.05) is 24.1 Å². The van der Waals surface area contributed by atoms with Crippen LogP contribution in [0.25, 0.3) is 0 Å². The standard InChI is InChI=1S/C13H16BrNO2/c1-9-6-15(8-11(9)13(16)17)7-10-4-2-3-5-12(10)14/h2-5,9,11H,6-8H2,1H3,(H,16,17). The van der Waals surface area contributed by atoms with Gasteiger partial charge in [-0.2, -0.15) is 0 Å². The lowest BCUT2D eigenvalue weighted by Crippen LogP contribution is -2.23. The van der Waals surface area contributed by atoms with Crippen LogP contribution in [0.15, 0.2) is 28.7 Å².